The molecule has 149 valence electrons. The predicted octanol–water partition coefficient (Wildman–Crippen LogP) is 5.81. The van der Waals surface area contributed by atoms with Gasteiger partial charge in [-0.1, -0.05) is 37.3 Å². The molecule has 2 aromatic heterocycles. The van der Waals surface area contributed by atoms with Gasteiger partial charge in [0.05, 0.1) is 11.4 Å². The van der Waals surface area contributed by atoms with Gasteiger partial charge in [0.2, 0.25) is 0 Å². The largest absolute Gasteiger partial charge is 0.345 e. The van der Waals surface area contributed by atoms with Gasteiger partial charge in [-0.15, -0.1) is 10.2 Å². The van der Waals surface area contributed by atoms with E-state index in [1.54, 1.807) is 0 Å². The van der Waals surface area contributed by atoms with Crippen LogP contribution in [0.2, 0.25) is 0 Å². The van der Waals surface area contributed by atoms with E-state index in [9.17, 15) is 0 Å². The summed E-state index contributed by atoms with van der Waals surface area (Å²) < 4.78 is 0. The van der Waals surface area contributed by atoms with Crippen LogP contribution in [-0.2, 0) is 0 Å². The Kier molecular flexibility index (Phi) is 4.89. The van der Waals surface area contributed by atoms with Crippen molar-refractivity contribution in [2.45, 2.75) is 52.1 Å². The Hall–Kier alpha value is -2.75. The molecule has 29 heavy (non-hydrogen) atoms. The van der Waals surface area contributed by atoms with Gasteiger partial charge in [-0.3, -0.25) is 4.98 Å². The van der Waals surface area contributed by atoms with E-state index in [0.29, 0.717) is 5.92 Å². The summed E-state index contributed by atoms with van der Waals surface area (Å²) >= 11 is 0. The van der Waals surface area contributed by atoms with Gasteiger partial charge >= 0.3 is 0 Å². The van der Waals surface area contributed by atoms with E-state index < -0.39 is 0 Å². The molecule has 3 heterocycles. The number of pyridine rings is 1. The summed E-state index contributed by atoms with van der Waals surface area (Å²) in [5.74, 6) is 1.41. The topological polar surface area (TPSA) is 41.9 Å². The minimum Gasteiger partial charge on any atom is -0.345 e. The minimum absolute atomic E-state index is 0.00505. The summed E-state index contributed by atoms with van der Waals surface area (Å²) in [7, 11) is 0. The number of aromatic nitrogens is 3. The monoisotopic (exact) mass is 385 g/mol. The van der Waals surface area contributed by atoms with E-state index in [1.165, 1.54) is 0 Å². The van der Waals surface area contributed by atoms with Crippen LogP contribution >= 0.6 is 0 Å². The highest BCUT2D eigenvalue weighted by molar-refractivity contribution is 5.65. The van der Waals surface area contributed by atoms with Crippen molar-refractivity contribution < 1.29 is 0 Å². The Morgan fingerprint density at radius 3 is 2.17 bits per heavy atom. The third-order valence-electron chi connectivity index (χ3n) is 6.28. The van der Waals surface area contributed by atoms with Crippen LogP contribution in [-0.4, -0.2) is 26.3 Å². The van der Waals surface area contributed by atoms with E-state index in [0.717, 1.165) is 34.8 Å². The predicted molar refractivity (Wildman–Crippen MR) is 119 cm³/mol. The van der Waals surface area contributed by atoms with E-state index in [1.807, 2.05) is 30.5 Å². The van der Waals surface area contributed by atoms with Gasteiger partial charge in [0.1, 0.15) is 0 Å². The molecule has 1 aliphatic rings. The lowest BCUT2D eigenvalue weighted by Gasteiger charge is -2.56. The Bertz CT molecular complexity index is 960. The fourth-order valence-corrected chi connectivity index (χ4v) is 4.36. The van der Waals surface area contributed by atoms with Crippen LogP contribution < -0.4 is 4.90 Å². The summed E-state index contributed by atoms with van der Waals surface area (Å²) in [6.07, 6.45) is 5.34. The summed E-state index contributed by atoms with van der Waals surface area (Å²) in [6, 6.07) is 18.4. The molecule has 1 atom stereocenters. The number of benzene rings is 1. The molecule has 1 fully saturated rings. The average molecular weight is 386 g/mol. The Labute approximate surface area is 174 Å². The van der Waals surface area contributed by atoms with Crippen LogP contribution in [0.3, 0.4) is 0 Å². The molecule has 4 heteroatoms. The molecular weight excluding hydrogens is 356 g/mol. The van der Waals surface area contributed by atoms with E-state index >= 15 is 0 Å². The first-order chi connectivity index (χ1) is 13.8. The normalized spacial score (nSPS) is 20.4. The van der Waals surface area contributed by atoms with E-state index in [-0.39, 0.29) is 11.1 Å². The van der Waals surface area contributed by atoms with Gasteiger partial charge < -0.3 is 4.90 Å². The molecule has 0 amide bonds. The zero-order valence-corrected chi connectivity index (χ0v) is 17.9. The first kappa shape index (κ1) is 19.6. The lowest BCUT2D eigenvalue weighted by Crippen LogP contribution is -2.62. The van der Waals surface area contributed by atoms with Crippen LogP contribution in [0.4, 0.5) is 5.82 Å². The summed E-state index contributed by atoms with van der Waals surface area (Å²) in [4.78, 5) is 7.04. The highest BCUT2D eigenvalue weighted by Gasteiger charge is 2.46. The Morgan fingerprint density at radius 2 is 1.55 bits per heavy atom. The SMILES string of the molecule is CC1[CH]CC(C)(C)N(c2ccc(-c3ccc(-c4ccccc4)nc3)nn2)C1(C)C. The molecule has 4 rings (SSSR count). The summed E-state index contributed by atoms with van der Waals surface area (Å²) in [5, 5.41) is 9.16. The third-order valence-corrected chi connectivity index (χ3v) is 6.28. The van der Waals surface area contributed by atoms with Crippen molar-refractivity contribution in [2.24, 2.45) is 5.92 Å². The molecule has 1 saturated heterocycles. The van der Waals surface area contributed by atoms with Crippen molar-refractivity contribution in [1.82, 2.24) is 15.2 Å². The van der Waals surface area contributed by atoms with Gasteiger partial charge in [0.15, 0.2) is 5.82 Å². The van der Waals surface area contributed by atoms with Gasteiger partial charge in [0, 0.05) is 28.4 Å². The van der Waals surface area contributed by atoms with Gasteiger partial charge in [-0.05, 0) is 70.7 Å². The number of piperidine rings is 1. The molecule has 0 bridgehead atoms. The second-order valence-electron chi connectivity index (χ2n) is 9.10. The molecule has 1 radical (unpaired) electrons. The number of nitrogens with zero attached hydrogens (tertiary/aromatic N) is 4. The maximum atomic E-state index is 4.62. The minimum atomic E-state index is -0.0170. The Balaban J connectivity index is 1.61. The fourth-order valence-electron chi connectivity index (χ4n) is 4.36. The molecule has 3 aromatic rings. The second kappa shape index (κ2) is 7.25. The molecule has 1 aliphatic heterocycles. The lowest BCUT2D eigenvalue weighted by molar-refractivity contribution is 0.223. The zero-order chi connectivity index (χ0) is 20.6. The average Bonchev–Trinajstić information content (AvgIpc) is 2.72. The molecule has 1 aromatic carbocycles. The van der Waals surface area contributed by atoms with Crippen molar-refractivity contribution in [3.8, 4) is 22.5 Å². The number of hydrogen-bond donors (Lipinski definition) is 0. The number of hydrogen-bond acceptors (Lipinski definition) is 4. The van der Waals surface area contributed by atoms with Crippen molar-refractivity contribution in [3.05, 3.63) is 67.2 Å². The molecule has 0 N–H and O–H groups in total. The molecule has 4 nitrogen and oxygen atoms in total. The molecule has 0 saturated carbocycles. The fraction of sp³-hybridized carbons (Fsp3) is 0.360. The van der Waals surface area contributed by atoms with Gasteiger partial charge in [-0.2, -0.15) is 0 Å². The molecule has 1 unspecified atom stereocenters. The number of rotatable bonds is 3. The first-order valence-corrected chi connectivity index (χ1v) is 10.3. The van der Waals surface area contributed by atoms with Crippen molar-refractivity contribution in [3.63, 3.8) is 0 Å². The molecule has 0 spiro atoms. The number of anilines is 1. The highest BCUT2D eigenvalue weighted by atomic mass is 15.3. The van der Waals surface area contributed by atoms with Crippen molar-refractivity contribution in [2.75, 3.05) is 4.90 Å². The molecular formula is C25H29N4. The lowest BCUT2D eigenvalue weighted by atomic mass is 9.73. The highest BCUT2D eigenvalue weighted by Crippen LogP contribution is 2.43. The van der Waals surface area contributed by atoms with Crippen LogP contribution in [0, 0.1) is 12.3 Å². The van der Waals surface area contributed by atoms with Crippen molar-refractivity contribution in [1.29, 1.82) is 0 Å². The smallest absolute Gasteiger partial charge is 0.152 e. The maximum Gasteiger partial charge on any atom is 0.152 e. The zero-order valence-electron chi connectivity index (χ0n) is 17.9. The molecule has 0 aliphatic carbocycles. The second-order valence-corrected chi connectivity index (χ2v) is 9.10. The van der Waals surface area contributed by atoms with Gasteiger partial charge in [0.25, 0.3) is 0 Å². The van der Waals surface area contributed by atoms with Crippen LogP contribution in [0.15, 0.2) is 60.8 Å². The standard InChI is InChI=1S/C25H29N4/c1-18-15-16-24(2,3)29(25(18,4)5)23-14-13-22(27-28-23)20-11-12-21(26-17-20)19-9-7-6-8-10-19/h6-15,17-18H,16H2,1-5H3. The Morgan fingerprint density at radius 1 is 0.828 bits per heavy atom. The van der Waals surface area contributed by atoms with E-state index in [4.69, 9.17) is 0 Å². The maximum absolute atomic E-state index is 4.62. The summed E-state index contributed by atoms with van der Waals surface area (Å²) in [6.45, 7) is 11.4. The van der Waals surface area contributed by atoms with Crippen LogP contribution in [0.1, 0.15) is 41.0 Å². The van der Waals surface area contributed by atoms with E-state index in [2.05, 4.69) is 91.5 Å². The van der Waals surface area contributed by atoms with Crippen LogP contribution in [0.25, 0.3) is 22.5 Å². The summed E-state index contributed by atoms with van der Waals surface area (Å²) in [5.41, 5.74) is 3.87. The first-order valence-electron chi connectivity index (χ1n) is 10.3. The van der Waals surface area contributed by atoms with Crippen molar-refractivity contribution >= 4 is 5.82 Å². The quantitative estimate of drug-likeness (QED) is 0.570. The van der Waals surface area contributed by atoms with Crippen LogP contribution in [0.5, 0.6) is 0 Å². The van der Waals surface area contributed by atoms with Gasteiger partial charge in [-0.25, -0.2) is 0 Å². The third kappa shape index (κ3) is 3.64.